The molecule has 1 aromatic heterocycles. The van der Waals surface area contributed by atoms with Crippen molar-refractivity contribution in [1.82, 2.24) is 14.9 Å². The third-order valence-electron chi connectivity index (χ3n) is 4.41. The molecule has 2 aromatic carbocycles. The quantitative estimate of drug-likeness (QED) is 0.403. The molecular formula is C21H23N3O3S2. The van der Waals surface area contributed by atoms with E-state index in [0.29, 0.717) is 40.9 Å². The number of carbonyl (C=O) groups is 1. The Morgan fingerprint density at radius 2 is 2.03 bits per heavy atom. The SMILES string of the molecule is COCCn1c(=S)[nH]c2cc(C(=O)NCCSCc3ccccc3)ccc2c1=O. The molecule has 0 saturated carbocycles. The van der Waals surface area contributed by atoms with Crippen molar-refractivity contribution in [3.8, 4) is 0 Å². The second kappa shape index (κ2) is 10.4. The second-order valence-electron chi connectivity index (χ2n) is 6.43. The van der Waals surface area contributed by atoms with Crippen LogP contribution in [0, 0.1) is 4.77 Å². The number of nitrogens with zero attached hydrogens (tertiary/aromatic N) is 1. The molecule has 0 aliphatic heterocycles. The predicted octanol–water partition coefficient (Wildman–Crippen LogP) is 3.37. The van der Waals surface area contributed by atoms with Crippen molar-refractivity contribution in [2.75, 3.05) is 26.0 Å². The molecule has 152 valence electrons. The Labute approximate surface area is 178 Å². The van der Waals surface area contributed by atoms with Gasteiger partial charge in [0.1, 0.15) is 0 Å². The number of hydrogen-bond acceptors (Lipinski definition) is 5. The summed E-state index contributed by atoms with van der Waals surface area (Å²) >= 11 is 7.05. The maximum atomic E-state index is 12.6. The Balaban J connectivity index is 1.61. The summed E-state index contributed by atoms with van der Waals surface area (Å²) in [5, 5.41) is 3.41. The number of rotatable bonds is 9. The molecule has 0 radical (unpaired) electrons. The number of nitrogens with one attached hydrogen (secondary N) is 2. The van der Waals surface area contributed by atoms with Crippen LogP contribution in [-0.4, -0.2) is 41.5 Å². The van der Waals surface area contributed by atoms with Crippen molar-refractivity contribution in [1.29, 1.82) is 0 Å². The van der Waals surface area contributed by atoms with Gasteiger partial charge in [-0.3, -0.25) is 14.2 Å². The van der Waals surface area contributed by atoms with Crippen LogP contribution in [0.3, 0.4) is 0 Å². The number of carbonyl (C=O) groups excluding carboxylic acids is 1. The average molecular weight is 430 g/mol. The molecule has 29 heavy (non-hydrogen) atoms. The topological polar surface area (TPSA) is 76.1 Å². The minimum atomic E-state index is -0.190. The summed E-state index contributed by atoms with van der Waals surface area (Å²) in [6.45, 7) is 1.35. The van der Waals surface area contributed by atoms with Gasteiger partial charge in [0.15, 0.2) is 4.77 Å². The molecule has 0 bridgehead atoms. The van der Waals surface area contributed by atoms with Gasteiger partial charge in [-0.1, -0.05) is 30.3 Å². The third kappa shape index (κ3) is 5.56. The molecule has 2 N–H and O–H groups in total. The summed E-state index contributed by atoms with van der Waals surface area (Å²) in [5.41, 5.74) is 2.12. The summed E-state index contributed by atoms with van der Waals surface area (Å²) in [6.07, 6.45) is 0. The molecule has 0 fully saturated rings. The Hall–Kier alpha value is -2.42. The summed E-state index contributed by atoms with van der Waals surface area (Å²) in [5.74, 6) is 1.56. The van der Waals surface area contributed by atoms with Crippen molar-refractivity contribution >= 4 is 40.8 Å². The van der Waals surface area contributed by atoms with Crippen LogP contribution in [0.1, 0.15) is 15.9 Å². The number of aromatic nitrogens is 2. The zero-order chi connectivity index (χ0) is 20.6. The first-order chi connectivity index (χ1) is 14.1. The van der Waals surface area contributed by atoms with E-state index in [0.717, 1.165) is 11.5 Å². The Kier molecular flexibility index (Phi) is 7.62. The first-order valence-electron chi connectivity index (χ1n) is 9.26. The van der Waals surface area contributed by atoms with E-state index < -0.39 is 0 Å². The van der Waals surface area contributed by atoms with Crippen molar-refractivity contribution in [3.05, 3.63) is 74.8 Å². The first-order valence-corrected chi connectivity index (χ1v) is 10.8. The van der Waals surface area contributed by atoms with E-state index in [1.165, 1.54) is 10.1 Å². The number of amides is 1. The van der Waals surface area contributed by atoms with E-state index in [-0.39, 0.29) is 11.5 Å². The third-order valence-corrected chi connectivity index (χ3v) is 5.76. The van der Waals surface area contributed by atoms with E-state index >= 15 is 0 Å². The van der Waals surface area contributed by atoms with Gasteiger partial charge in [-0.2, -0.15) is 11.8 Å². The zero-order valence-corrected chi connectivity index (χ0v) is 17.8. The van der Waals surface area contributed by atoms with Crippen LogP contribution in [0.15, 0.2) is 53.3 Å². The van der Waals surface area contributed by atoms with Gasteiger partial charge in [-0.15, -0.1) is 0 Å². The number of fused-ring (bicyclic) bond motifs is 1. The van der Waals surface area contributed by atoms with Crippen LogP contribution in [-0.2, 0) is 17.0 Å². The van der Waals surface area contributed by atoms with E-state index in [1.807, 2.05) is 18.2 Å². The van der Waals surface area contributed by atoms with Gasteiger partial charge in [0.2, 0.25) is 0 Å². The number of ether oxygens (including phenoxy) is 1. The lowest BCUT2D eigenvalue weighted by molar-refractivity contribution is 0.0956. The second-order valence-corrected chi connectivity index (χ2v) is 7.93. The van der Waals surface area contributed by atoms with Crippen LogP contribution < -0.4 is 10.9 Å². The lowest BCUT2D eigenvalue weighted by atomic mass is 10.1. The Morgan fingerprint density at radius 3 is 2.79 bits per heavy atom. The monoisotopic (exact) mass is 429 g/mol. The van der Waals surface area contributed by atoms with Gasteiger partial charge in [0, 0.05) is 30.7 Å². The molecule has 0 spiro atoms. The van der Waals surface area contributed by atoms with Crippen molar-refractivity contribution in [2.45, 2.75) is 12.3 Å². The van der Waals surface area contributed by atoms with E-state index in [1.54, 1.807) is 37.1 Å². The lowest BCUT2D eigenvalue weighted by Gasteiger charge is -2.09. The van der Waals surface area contributed by atoms with Gasteiger partial charge in [-0.25, -0.2) is 0 Å². The molecule has 1 heterocycles. The van der Waals surface area contributed by atoms with Crippen LogP contribution in [0.4, 0.5) is 0 Å². The maximum Gasteiger partial charge on any atom is 0.262 e. The number of H-pyrrole nitrogens is 1. The highest BCUT2D eigenvalue weighted by Crippen LogP contribution is 2.12. The molecular weight excluding hydrogens is 406 g/mol. The molecule has 8 heteroatoms. The number of hydrogen-bond donors (Lipinski definition) is 2. The molecule has 0 aliphatic rings. The van der Waals surface area contributed by atoms with Gasteiger partial charge < -0.3 is 15.0 Å². The summed E-state index contributed by atoms with van der Waals surface area (Å²) in [6, 6.07) is 15.2. The first kappa shape index (κ1) is 21.3. The van der Waals surface area contributed by atoms with Gasteiger partial charge in [0.25, 0.3) is 11.5 Å². The van der Waals surface area contributed by atoms with E-state index in [9.17, 15) is 9.59 Å². The fourth-order valence-electron chi connectivity index (χ4n) is 2.88. The predicted molar refractivity (Wildman–Crippen MR) is 120 cm³/mol. The minimum absolute atomic E-state index is 0.171. The van der Waals surface area contributed by atoms with Crippen molar-refractivity contribution < 1.29 is 9.53 Å². The molecule has 3 aromatic rings. The molecule has 1 amide bonds. The van der Waals surface area contributed by atoms with Gasteiger partial charge in [-0.05, 0) is 36.0 Å². The van der Waals surface area contributed by atoms with Crippen LogP contribution >= 0.6 is 24.0 Å². The fourth-order valence-corrected chi connectivity index (χ4v) is 3.99. The van der Waals surface area contributed by atoms with Gasteiger partial charge >= 0.3 is 0 Å². The molecule has 0 unspecified atom stereocenters. The molecule has 3 rings (SSSR count). The highest BCUT2D eigenvalue weighted by atomic mass is 32.2. The van der Waals surface area contributed by atoms with Crippen LogP contribution in [0.2, 0.25) is 0 Å². The smallest absolute Gasteiger partial charge is 0.262 e. The Bertz CT molecular complexity index is 1090. The molecule has 0 saturated heterocycles. The molecule has 6 nitrogen and oxygen atoms in total. The lowest BCUT2D eigenvalue weighted by Crippen LogP contribution is -2.26. The number of benzene rings is 2. The number of thioether (sulfide) groups is 1. The van der Waals surface area contributed by atoms with Crippen LogP contribution in [0.5, 0.6) is 0 Å². The normalized spacial score (nSPS) is 10.9. The largest absolute Gasteiger partial charge is 0.383 e. The van der Waals surface area contributed by atoms with Gasteiger partial charge in [0.05, 0.1) is 24.1 Å². The number of methoxy groups -OCH3 is 1. The highest BCUT2D eigenvalue weighted by molar-refractivity contribution is 7.98. The fraction of sp³-hybridized carbons (Fsp3) is 0.286. The van der Waals surface area contributed by atoms with Crippen molar-refractivity contribution in [2.24, 2.45) is 0 Å². The minimum Gasteiger partial charge on any atom is -0.383 e. The van der Waals surface area contributed by atoms with E-state index in [4.69, 9.17) is 17.0 Å². The molecule has 0 aliphatic carbocycles. The zero-order valence-electron chi connectivity index (χ0n) is 16.1. The average Bonchev–Trinajstić information content (AvgIpc) is 2.73. The Morgan fingerprint density at radius 1 is 1.24 bits per heavy atom. The van der Waals surface area contributed by atoms with Crippen molar-refractivity contribution in [3.63, 3.8) is 0 Å². The standard InChI is InChI=1S/C21H23N3O3S2/c1-27-11-10-24-20(26)17-8-7-16(13-18(17)23-21(24)28)19(25)22-9-12-29-14-15-5-3-2-4-6-15/h2-8,13H,9-12,14H2,1H3,(H,22,25)(H,23,28). The van der Waals surface area contributed by atoms with Crippen LogP contribution in [0.25, 0.3) is 10.9 Å². The summed E-state index contributed by atoms with van der Waals surface area (Å²) in [7, 11) is 1.57. The highest BCUT2D eigenvalue weighted by Gasteiger charge is 2.10. The molecule has 0 atom stereocenters. The van der Waals surface area contributed by atoms with E-state index in [2.05, 4.69) is 22.4 Å². The number of aromatic amines is 1. The summed E-state index contributed by atoms with van der Waals surface area (Å²) < 4.78 is 6.80. The summed E-state index contributed by atoms with van der Waals surface area (Å²) in [4.78, 5) is 28.1. The maximum absolute atomic E-state index is 12.6.